The fraction of sp³-hybridized carbons (Fsp3) is 0.523. The second kappa shape index (κ2) is 22.4. The molecule has 13 nitrogen and oxygen atoms in total. The summed E-state index contributed by atoms with van der Waals surface area (Å²) in [5.41, 5.74) is 1.01. The summed E-state index contributed by atoms with van der Waals surface area (Å²) in [5.74, 6) is -4.94. The number of carboxylic acid groups (broad SMARTS) is 1. The molecule has 2 N–H and O–H groups in total. The fourth-order valence-electron chi connectivity index (χ4n) is 7.37. The number of carboxylic acids is 1. The zero-order chi connectivity index (χ0) is 43.2. The topological polar surface area (TPSA) is 173 Å². The number of thiazole rings is 1. The van der Waals surface area contributed by atoms with Gasteiger partial charge in [0.15, 0.2) is 18.6 Å². The largest absolute Gasteiger partial charge is 0.481 e. The van der Waals surface area contributed by atoms with Crippen molar-refractivity contribution in [1.82, 2.24) is 20.1 Å². The highest BCUT2D eigenvalue weighted by molar-refractivity contribution is 7.09. The number of rotatable bonds is 21. The molecule has 320 valence electrons. The number of amides is 2. The molecule has 0 saturated carbocycles. The van der Waals surface area contributed by atoms with Crippen molar-refractivity contribution < 1.29 is 47.7 Å². The van der Waals surface area contributed by atoms with Gasteiger partial charge in [-0.25, -0.2) is 14.2 Å². The summed E-state index contributed by atoms with van der Waals surface area (Å²) in [6, 6.07) is 12.5. The first-order chi connectivity index (χ1) is 28.0. The Labute approximate surface area is 349 Å². The zero-order valence-electron chi connectivity index (χ0n) is 34.7. The van der Waals surface area contributed by atoms with Crippen molar-refractivity contribution in [2.24, 2.45) is 17.8 Å². The third-order valence-corrected chi connectivity index (χ3v) is 11.7. The molecule has 1 aliphatic heterocycles. The summed E-state index contributed by atoms with van der Waals surface area (Å²) in [5, 5.41) is 14.0. The highest BCUT2D eigenvalue weighted by Gasteiger charge is 2.39. The number of halogens is 1. The molecule has 2 amide bonds. The van der Waals surface area contributed by atoms with Crippen molar-refractivity contribution in [3.05, 3.63) is 87.6 Å². The number of aromatic nitrogens is 1. The molecule has 1 fully saturated rings. The van der Waals surface area contributed by atoms with Crippen LogP contribution in [0.2, 0.25) is 0 Å². The lowest BCUT2D eigenvalue weighted by atomic mass is 9.84. The molecule has 0 radical (unpaired) electrons. The Morgan fingerprint density at radius 2 is 1.69 bits per heavy atom. The van der Waals surface area contributed by atoms with E-state index in [1.165, 1.54) is 29.3 Å². The number of aliphatic carboxylic acids is 1. The van der Waals surface area contributed by atoms with Gasteiger partial charge in [0.2, 0.25) is 5.91 Å². The molecular formula is C44H57FN4O9S. The Bertz CT molecular complexity index is 1890. The lowest BCUT2D eigenvalue weighted by Crippen LogP contribution is -2.50. The molecule has 15 heteroatoms. The van der Waals surface area contributed by atoms with Crippen LogP contribution in [0, 0.1) is 23.6 Å². The predicted molar refractivity (Wildman–Crippen MR) is 220 cm³/mol. The van der Waals surface area contributed by atoms with E-state index in [1.54, 1.807) is 42.5 Å². The fourth-order valence-corrected chi connectivity index (χ4v) is 8.21. The van der Waals surface area contributed by atoms with Crippen molar-refractivity contribution in [3.8, 4) is 0 Å². The van der Waals surface area contributed by atoms with Crippen LogP contribution in [0.25, 0.3) is 0 Å². The summed E-state index contributed by atoms with van der Waals surface area (Å²) in [6.45, 7) is 9.16. The summed E-state index contributed by atoms with van der Waals surface area (Å²) in [7, 11) is 1.92. The number of esters is 2. The third kappa shape index (κ3) is 14.1. The number of hydrogen-bond donors (Lipinski definition) is 2. The molecule has 4 rings (SSSR count). The maximum absolute atomic E-state index is 14.8. The lowest BCUT2D eigenvalue weighted by Gasteiger charge is -2.39. The van der Waals surface area contributed by atoms with E-state index in [0.717, 1.165) is 37.1 Å². The molecule has 0 spiro atoms. The first-order valence-electron chi connectivity index (χ1n) is 20.2. The summed E-state index contributed by atoms with van der Waals surface area (Å²) in [6.07, 6.45) is 1.81. The van der Waals surface area contributed by atoms with E-state index in [0.29, 0.717) is 11.1 Å². The van der Waals surface area contributed by atoms with Gasteiger partial charge >= 0.3 is 17.9 Å². The number of carbonyl (C=O) groups excluding carboxylic acids is 5. The Morgan fingerprint density at radius 1 is 1.00 bits per heavy atom. The first kappa shape index (κ1) is 46.7. The zero-order valence-corrected chi connectivity index (χ0v) is 35.5. The van der Waals surface area contributed by atoms with Crippen LogP contribution in [0.5, 0.6) is 0 Å². The summed E-state index contributed by atoms with van der Waals surface area (Å²) in [4.78, 5) is 87.3. The Hall–Kier alpha value is -5.02. The van der Waals surface area contributed by atoms with Crippen molar-refractivity contribution in [1.29, 1.82) is 0 Å². The van der Waals surface area contributed by atoms with Gasteiger partial charge in [0.25, 0.3) is 5.91 Å². The predicted octanol–water partition coefficient (Wildman–Crippen LogP) is 6.87. The number of likely N-dealkylation sites (tertiary alicyclic amines) is 1. The second-order valence-electron chi connectivity index (χ2n) is 15.9. The molecule has 0 aliphatic carbocycles. The van der Waals surface area contributed by atoms with Crippen LogP contribution >= 0.6 is 11.3 Å². The number of Topliss-reactive ketones (excluding diaryl/α,β-unsaturated/α-hetero) is 1. The number of piperidine rings is 1. The minimum absolute atomic E-state index is 0.00635. The van der Waals surface area contributed by atoms with Crippen LogP contribution in [0.15, 0.2) is 60.0 Å². The van der Waals surface area contributed by atoms with Crippen molar-refractivity contribution >= 4 is 46.8 Å². The van der Waals surface area contributed by atoms with Gasteiger partial charge in [-0.3, -0.25) is 28.9 Å². The maximum atomic E-state index is 14.8. The average Bonchev–Trinajstić information content (AvgIpc) is 3.69. The Morgan fingerprint density at radius 3 is 2.31 bits per heavy atom. The third-order valence-electron chi connectivity index (χ3n) is 10.7. The van der Waals surface area contributed by atoms with Crippen molar-refractivity contribution in [3.63, 3.8) is 0 Å². The highest BCUT2D eigenvalue weighted by Crippen LogP contribution is 2.33. The van der Waals surface area contributed by atoms with Gasteiger partial charge in [-0.15, -0.1) is 11.3 Å². The van der Waals surface area contributed by atoms with E-state index < -0.39 is 60.5 Å². The molecule has 59 heavy (non-hydrogen) atoms. The van der Waals surface area contributed by atoms with Gasteiger partial charge < -0.3 is 24.8 Å². The minimum Gasteiger partial charge on any atom is -0.481 e. The normalized spacial score (nSPS) is 16.5. The number of benzene rings is 2. The molecule has 2 heterocycles. The monoisotopic (exact) mass is 836 g/mol. The van der Waals surface area contributed by atoms with E-state index in [1.807, 2.05) is 39.6 Å². The maximum Gasteiger partial charge on any atom is 0.339 e. The molecule has 5 atom stereocenters. The summed E-state index contributed by atoms with van der Waals surface area (Å²) >= 11 is 1.08. The van der Waals surface area contributed by atoms with Gasteiger partial charge in [-0.1, -0.05) is 64.4 Å². The van der Waals surface area contributed by atoms with E-state index in [4.69, 9.17) is 9.47 Å². The highest BCUT2D eigenvalue weighted by atomic mass is 32.1. The molecule has 3 aromatic rings. The number of ketones is 1. The second-order valence-corrected chi connectivity index (χ2v) is 16.8. The van der Waals surface area contributed by atoms with Crippen LogP contribution in [-0.2, 0) is 35.1 Å². The number of nitrogens with zero attached hydrogens (tertiary/aromatic N) is 3. The molecule has 2 unspecified atom stereocenters. The summed E-state index contributed by atoms with van der Waals surface area (Å²) < 4.78 is 25.1. The van der Waals surface area contributed by atoms with E-state index in [2.05, 4.69) is 10.3 Å². The van der Waals surface area contributed by atoms with Gasteiger partial charge in [-0.05, 0) is 80.9 Å². The molecule has 1 aliphatic rings. The minimum atomic E-state index is -1.03. The van der Waals surface area contributed by atoms with Crippen LogP contribution in [0.4, 0.5) is 4.39 Å². The van der Waals surface area contributed by atoms with Gasteiger partial charge in [0.1, 0.15) is 16.5 Å². The van der Waals surface area contributed by atoms with Crippen LogP contribution in [0.3, 0.4) is 0 Å². The smallest absolute Gasteiger partial charge is 0.339 e. The quantitative estimate of drug-likeness (QED) is 0.0848. The molecule has 1 aromatic heterocycles. The number of ether oxygens (including phenoxy) is 2. The average molecular weight is 837 g/mol. The van der Waals surface area contributed by atoms with Gasteiger partial charge in [0, 0.05) is 49.6 Å². The van der Waals surface area contributed by atoms with Crippen molar-refractivity contribution in [2.45, 2.75) is 110 Å². The standard InChI is InChI=1S/C44H57FN4O9S/c1-27(2)34(23-38(51)36-14-10-11-21-48(36)6)43(55)49(26-57-44(56)31-12-8-7-9-13-31)37(28(3)4)24-39(58-29(5)50)42-47-35(25-59-42)41(54)46-33(19-20-40(52)53)22-30-15-17-32(45)18-16-30/h7-9,12-13,15-18,25,27-28,33-34,36-37,39H,10-11,14,19-24,26H2,1-6H3,(H,46,54)(H,52,53)/t33-,34?,36?,37-,39-/m1/s1. The van der Waals surface area contributed by atoms with Gasteiger partial charge in [-0.2, -0.15) is 0 Å². The van der Waals surface area contributed by atoms with Crippen molar-refractivity contribution in [2.75, 3.05) is 20.3 Å². The Kier molecular flexibility index (Phi) is 17.7. The number of likely N-dealkylation sites (N-methyl/N-ethyl adjacent to an activating group) is 1. The Balaban J connectivity index is 1.62. The molecule has 2 aromatic carbocycles. The number of hydrogen-bond acceptors (Lipinski definition) is 11. The first-order valence-corrected chi connectivity index (χ1v) is 21.1. The number of nitrogens with one attached hydrogen (secondary N) is 1. The van der Waals surface area contributed by atoms with E-state index >= 15 is 0 Å². The number of carbonyl (C=O) groups is 6. The molecule has 0 bridgehead atoms. The van der Waals surface area contributed by atoms with Gasteiger partial charge in [0.05, 0.1) is 11.6 Å². The van der Waals surface area contributed by atoms with Crippen LogP contribution < -0.4 is 5.32 Å². The lowest BCUT2D eigenvalue weighted by molar-refractivity contribution is -0.152. The molecule has 1 saturated heterocycles. The van der Waals surface area contributed by atoms with E-state index in [9.17, 15) is 38.3 Å². The van der Waals surface area contributed by atoms with Crippen LogP contribution in [0.1, 0.15) is 117 Å². The SMILES string of the molecule is CC(=O)O[C@H](C[C@H](C(C)C)N(COC(=O)c1ccccc1)C(=O)C(CC(=O)C1CCCCN1C)C(C)C)c1nc(C(=O)N[C@H](CCC(=O)O)Cc2ccc(F)cc2)cs1. The van der Waals surface area contributed by atoms with E-state index in [-0.39, 0.29) is 72.4 Å². The van der Waals surface area contributed by atoms with Crippen LogP contribution in [-0.4, -0.2) is 93.8 Å². The molecular weight excluding hydrogens is 780 g/mol.